The van der Waals surface area contributed by atoms with Crippen LogP contribution in [-0.2, 0) is 16.6 Å². The quantitative estimate of drug-likeness (QED) is 0.426. The second-order valence-electron chi connectivity index (χ2n) is 8.19. The Morgan fingerprint density at radius 1 is 0.939 bits per heavy atom. The Bertz CT molecular complexity index is 1130. The third kappa shape index (κ3) is 6.08. The van der Waals surface area contributed by atoms with E-state index in [0.29, 0.717) is 29.1 Å². The van der Waals surface area contributed by atoms with Crippen molar-refractivity contribution in [2.24, 2.45) is 0 Å². The van der Waals surface area contributed by atoms with Crippen LogP contribution in [-0.4, -0.2) is 27.6 Å². The Morgan fingerprint density at radius 3 is 2.39 bits per heavy atom. The van der Waals surface area contributed by atoms with Crippen molar-refractivity contribution in [1.82, 2.24) is 5.32 Å². The van der Waals surface area contributed by atoms with Crippen molar-refractivity contribution in [1.29, 1.82) is 0 Å². The molecule has 0 bridgehead atoms. The zero-order valence-electron chi connectivity index (χ0n) is 18.5. The summed E-state index contributed by atoms with van der Waals surface area (Å²) in [6.07, 6.45) is 4.59. The van der Waals surface area contributed by atoms with Gasteiger partial charge in [-0.05, 0) is 68.3 Å². The molecule has 0 aliphatic carbocycles. The predicted molar refractivity (Wildman–Crippen MR) is 133 cm³/mol. The largest absolute Gasteiger partial charge is 0.493 e. The molecule has 1 unspecified atom stereocenters. The highest BCUT2D eigenvalue weighted by atomic mass is 35.5. The first-order valence-electron chi connectivity index (χ1n) is 11.3. The monoisotopic (exact) mass is 484 g/mol. The molecule has 0 saturated carbocycles. The Kier molecular flexibility index (Phi) is 7.91. The summed E-state index contributed by atoms with van der Waals surface area (Å²) in [4.78, 5) is 0.192. The second kappa shape index (κ2) is 11.1. The Balaban J connectivity index is 1.57. The van der Waals surface area contributed by atoms with E-state index in [1.807, 2.05) is 42.5 Å². The topological polar surface area (TPSA) is 58.6 Å². The van der Waals surface area contributed by atoms with Crippen LogP contribution in [0.4, 0.5) is 5.69 Å². The maximum absolute atomic E-state index is 13.6. The van der Waals surface area contributed by atoms with E-state index in [9.17, 15) is 8.42 Å². The van der Waals surface area contributed by atoms with E-state index in [0.717, 1.165) is 18.5 Å². The lowest BCUT2D eigenvalue weighted by molar-refractivity contribution is 0.266. The van der Waals surface area contributed by atoms with Gasteiger partial charge in [0.05, 0.1) is 23.7 Å². The number of ether oxygens (including phenoxy) is 1. The molecule has 3 aromatic carbocycles. The van der Waals surface area contributed by atoms with Gasteiger partial charge in [0.1, 0.15) is 5.75 Å². The SMILES string of the molecule is O=S(=O)(c1ccc(Cl)cc1)N(Cc1ccccc1OCCC1CCCCN1)c1ccccc1. The van der Waals surface area contributed by atoms with E-state index in [-0.39, 0.29) is 11.4 Å². The van der Waals surface area contributed by atoms with E-state index in [4.69, 9.17) is 16.3 Å². The van der Waals surface area contributed by atoms with E-state index in [1.54, 1.807) is 24.3 Å². The minimum Gasteiger partial charge on any atom is -0.493 e. The number of halogens is 1. The van der Waals surface area contributed by atoms with Gasteiger partial charge < -0.3 is 10.1 Å². The molecule has 174 valence electrons. The van der Waals surface area contributed by atoms with Crippen LogP contribution >= 0.6 is 11.6 Å². The minimum absolute atomic E-state index is 0.160. The molecular weight excluding hydrogens is 456 g/mol. The number of nitrogens with one attached hydrogen (secondary N) is 1. The Labute approximate surface area is 201 Å². The van der Waals surface area contributed by atoms with E-state index in [1.165, 1.54) is 35.7 Å². The predicted octanol–water partition coefficient (Wildman–Crippen LogP) is 5.65. The molecule has 1 N–H and O–H groups in total. The van der Waals surface area contributed by atoms with Gasteiger partial charge in [0.15, 0.2) is 0 Å². The summed E-state index contributed by atoms with van der Waals surface area (Å²) in [6.45, 7) is 1.81. The molecule has 1 atom stereocenters. The molecule has 1 aliphatic rings. The highest BCUT2D eigenvalue weighted by Gasteiger charge is 2.26. The molecular formula is C26H29ClN2O3S. The zero-order valence-corrected chi connectivity index (χ0v) is 20.1. The summed E-state index contributed by atoms with van der Waals surface area (Å²) >= 11 is 5.98. The third-order valence-corrected chi connectivity index (χ3v) is 7.91. The molecule has 0 radical (unpaired) electrons. The number of anilines is 1. The van der Waals surface area contributed by atoms with Gasteiger partial charge in [0, 0.05) is 16.6 Å². The highest BCUT2D eigenvalue weighted by Crippen LogP contribution is 2.29. The molecule has 0 spiro atoms. The van der Waals surface area contributed by atoms with E-state index < -0.39 is 10.0 Å². The number of nitrogens with zero attached hydrogens (tertiary/aromatic N) is 1. The average Bonchev–Trinajstić information content (AvgIpc) is 2.85. The molecule has 3 aromatic rings. The van der Waals surface area contributed by atoms with Crippen LogP contribution in [0.5, 0.6) is 5.75 Å². The fourth-order valence-corrected chi connectivity index (χ4v) is 5.62. The number of rotatable bonds is 9. The highest BCUT2D eigenvalue weighted by molar-refractivity contribution is 7.92. The second-order valence-corrected chi connectivity index (χ2v) is 10.5. The van der Waals surface area contributed by atoms with Crippen molar-refractivity contribution < 1.29 is 13.2 Å². The lowest BCUT2D eigenvalue weighted by Crippen LogP contribution is -2.35. The Hall–Kier alpha value is -2.54. The molecule has 5 nitrogen and oxygen atoms in total. The maximum Gasteiger partial charge on any atom is 0.264 e. The van der Waals surface area contributed by atoms with Gasteiger partial charge in [-0.2, -0.15) is 0 Å². The number of benzene rings is 3. The standard InChI is InChI=1S/C26H29ClN2O3S/c27-22-13-15-25(16-14-22)33(30,31)29(24-10-2-1-3-11-24)20-21-8-4-5-12-26(21)32-19-17-23-9-6-7-18-28-23/h1-5,8,10-16,23,28H,6-7,9,17-20H2. The molecule has 0 amide bonds. The molecule has 7 heteroatoms. The number of sulfonamides is 1. The summed E-state index contributed by atoms with van der Waals surface area (Å²) in [6, 6.07) is 23.5. The number of hydrogen-bond donors (Lipinski definition) is 1. The number of piperidine rings is 1. The summed E-state index contributed by atoms with van der Waals surface area (Å²) in [7, 11) is -3.81. The van der Waals surface area contributed by atoms with Gasteiger partial charge in [-0.25, -0.2) is 8.42 Å². The fraction of sp³-hybridized carbons (Fsp3) is 0.308. The van der Waals surface area contributed by atoms with Crippen molar-refractivity contribution in [2.45, 2.75) is 43.2 Å². The van der Waals surface area contributed by atoms with E-state index in [2.05, 4.69) is 5.32 Å². The molecule has 1 saturated heterocycles. The van der Waals surface area contributed by atoms with Crippen LogP contribution < -0.4 is 14.4 Å². The van der Waals surface area contributed by atoms with Crippen molar-refractivity contribution in [3.8, 4) is 5.75 Å². The van der Waals surface area contributed by atoms with Crippen molar-refractivity contribution >= 4 is 27.3 Å². The smallest absolute Gasteiger partial charge is 0.264 e. The number of para-hydroxylation sites is 2. The van der Waals surface area contributed by atoms with Crippen molar-refractivity contribution in [2.75, 3.05) is 17.5 Å². The number of hydrogen-bond acceptors (Lipinski definition) is 4. The molecule has 33 heavy (non-hydrogen) atoms. The van der Waals surface area contributed by atoms with Crippen LogP contribution in [0.25, 0.3) is 0 Å². The molecule has 1 fully saturated rings. The minimum atomic E-state index is -3.81. The summed E-state index contributed by atoms with van der Waals surface area (Å²) in [5.74, 6) is 0.709. The van der Waals surface area contributed by atoms with Crippen LogP contribution in [0.2, 0.25) is 5.02 Å². The first-order chi connectivity index (χ1) is 16.0. The van der Waals surface area contributed by atoms with E-state index >= 15 is 0 Å². The first-order valence-corrected chi connectivity index (χ1v) is 13.1. The van der Waals surface area contributed by atoms with Gasteiger partial charge in [-0.3, -0.25) is 4.31 Å². The van der Waals surface area contributed by atoms with Gasteiger partial charge in [-0.15, -0.1) is 0 Å². The summed E-state index contributed by atoms with van der Waals surface area (Å²) < 4.78 is 34.8. The van der Waals surface area contributed by atoms with Crippen molar-refractivity contribution in [3.63, 3.8) is 0 Å². The first kappa shape index (κ1) is 23.6. The van der Waals surface area contributed by atoms with Gasteiger partial charge in [-0.1, -0.05) is 54.4 Å². The van der Waals surface area contributed by atoms with Gasteiger partial charge in [0.25, 0.3) is 10.0 Å². The average molecular weight is 485 g/mol. The van der Waals surface area contributed by atoms with Crippen LogP contribution in [0, 0.1) is 0 Å². The Morgan fingerprint density at radius 2 is 1.67 bits per heavy atom. The van der Waals surface area contributed by atoms with Gasteiger partial charge >= 0.3 is 0 Å². The van der Waals surface area contributed by atoms with Gasteiger partial charge in [0.2, 0.25) is 0 Å². The molecule has 0 aromatic heterocycles. The van der Waals surface area contributed by atoms with Crippen LogP contribution in [0.15, 0.2) is 83.8 Å². The summed E-state index contributed by atoms with van der Waals surface area (Å²) in [5.41, 5.74) is 1.41. The zero-order chi connectivity index (χ0) is 23.1. The normalized spacial score (nSPS) is 16.3. The lowest BCUT2D eigenvalue weighted by Gasteiger charge is -2.26. The van der Waals surface area contributed by atoms with Crippen LogP contribution in [0.3, 0.4) is 0 Å². The fourth-order valence-electron chi connectivity index (χ4n) is 4.05. The maximum atomic E-state index is 13.6. The third-order valence-electron chi connectivity index (χ3n) is 5.87. The molecule has 1 aliphatic heterocycles. The summed E-state index contributed by atoms with van der Waals surface area (Å²) in [5, 5.41) is 4.03. The lowest BCUT2D eigenvalue weighted by atomic mass is 10.0. The van der Waals surface area contributed by atoms with Crippen LogP contribution in [0.1, 0.15) is 31.2 Å². The molecule has 4 rings (SSSR count). The van der Waals surface area contributed by atoms with Crippen molar-refractivity contribution in [3.05, 3.63) is 89.4 Å². The molecule has 1 heterocycles.